The van der Waals surface area contributed by atoms with Crippen molar-refractivity contribution in [3.8, 4) is 43.4 Å². The average Bonchev–Trinajstić information content (AvgIpc) is 1.73. The predicted molar refractivity (Wildman–Crippen MR) is 336 cm³/mol. The maximum absolute atomic E-state index is 14.4. The molecule has 0 radical (unpaired) electrons. The molecule has 1 aliphatic carbocycles. The Bertz CT molecular complexity index is 3980. The Morgan fingerprint density at radius 3 is 2.12 bits per heavy atom. The summed E-state index contributed by atoms with van der Waals surface area (Å²) in [7, 11) is 2.91. The second kappa shape index (κ2) is 28.6. The van der Waals surface area contributed by atoms with Crippen LogP contribution in [0.4, 0.5) is 10.6 Å². The van der Waals surface area contributed by atoms with Gasteiger partial charge in [0, 0.05) is 52.7 Å². The van der Waals surface area contributed by atoms with E-state index < -0.39 is 96.8 Å². The van der Waals surface area contributed by atoms with Crippen molar-refractivity contribution in [3.05, 3.63) is 111 Å². The van der Waals surface area contributed by atoms with E-state index in [1.54, 1.807) is 70.9 Å². The molecule has 470 valence electrons. The number of aliphatic carboxylic acids is 2. The van der Waals surface area contributed by atoms with Crippen LogP contribution in [-0.4, -0.2) is 131 Å². The number of methoxy groups -OCH3 is 1. The highest BCUT2D eigenvalue weighted by Crippen LogP contribution is 2.41. The molecule has 0 spiro atoms. The molecule has 26 nitrogen and oxygen atoms in total. The number of hydrogen-bond acceptors (Lipinski definition) is 24. The number of anilines is 1. The molecule has 4 atom stereocenters. The number of aryl methyl sites for hydroxylation is 1. The van der Waals surface area contributed by atoms with Gasteiger partial charge in [-0.15, -0.1) is 68.0 Å². The molecular formula is C58H59N13O13S6. The van der Waals surface area contributed by atoms with Crippen LogP contribution in [0.3, 0.4) is 0 Å². The SMILES string of the molecule is CNC(=O)C[C@@H]1NC(=O)c2csc(n2)-c2ccc(-c3nc(N(CCC(=O)O)C(=O)OC4CCC(C(=O)O)CC4)cs3)nc2-c2csc(n2)-c2csc(n2)[C@H]([C@@H](O)c2ccccc2)NC(=O)CNC(=O)c2nc(sc2COC)C(C(C)C)NC(=O)c2nc1sc2C. The number of pyridine rings is 1. The molecule has 8 N–H and O–H groups in total. The number of aromatic nitrogens is 7. The standard InChI is InChI=1S/C58H59N13O13S6/c1-26(2)42-56-70-45(37(90-56)21-83-5)49(78)60-20-40(73)67-46(47(76)28-9-7-6-8-10-28)55-65-36(24-87-55)53-63-34(22-86-53)44-31(51-64-35(23-85-51)48(77)62-33(19-39(72)59-4)54-69-43(27(3)89-54)50(79)68-42)15-16-32(61-44)52-66-38(25-88-52)71(18-17-41(74)75)58(82)84-30-13-11-29(12-14-30)57(80)81/h6-10,15-16,22-26,29-30,33,42,46-47,76H,11-14,17-21H2,1-5H3,(H,59,72)(H,60,78)(H,62,77)(H,67,73)(H,68,79)(H,74,75)(H,80,81)/t29?,30?,33-,42?,46-,47-/m0/s1. The van der Waals surface area contributed by atoms with E-state index in [-0.39, 0.29) is 59.1 Å². The molecule has 7 aromatic heterocycles. The number of ether oxygens (including phenoxy) is 2. The number of carbonyl (C=O) groups excluding carboxylic acids is 6. The summed E-state index contributed by atoms with van der Waals surface area (Å²) in [4.78, 5) is 143. The molecule has 8 heterocycles. The highest BCUT2D eigenvalue weighted by atomic mass is 32.1. The van der Waals surface area contributed by atoms with E-state index in [0.29, 0.717) is 88.7 Å². The maximum atomic E-state index is 14.4. The van der Waals surface area contributed by atoms with E-state index >= 15 is 0 Å². The molecule has 2 aliphatic rings. The van der Waals surface area contributed by atoms with Crippen LogP contribution >= 0.6 is 68.0 Å². The number of carbonyl (C=O) groups is 8. The number of hydrogen-bond donors (Lipinski definition) is 8. The van der Waals surface area contributed by atoms with Gasteiger partial charge in [0.05, 0.1) is 54.6 Å². The van der Waals surface area contributed by atoms with Crippen molar-refractivity contribution in [1.82, 2.24) is 61.5 Å². The van der Waals surface area contributed by atoms with Crippen LogP contribution in [0.5, 0.6) is 0 Å². The van der Waals surface area contributed by atoms with Gasteiger partial charge in [-0.2, -0.15) is 0 Å². The molecule has 8 aromatic rings. The van der Waals surface area contributed by atoms with E-state index in [1.165, 1.54) is 25.5 Å². The zero-order chi connectivity index (χ0) is 63.9. The van der Waals surface area contributed by atoms with Crippen molar-refractivity contribution < 1.29 is 63.1 Å². The van der Waals surface area contributed by atoms with Crippen LogP contribution in [0, 0.1) is 18.8 Å². The van der Waals surface area contributed by atoms with Gasteiger partial charge in [-0.1, -0.05) is 44.2 Å². The minimum atomic E-state index is -1.31. The van der Waals surface area contributed by atoms with E-state index in [9.17, 15) is 53.7 Å². The van der Waals surface area contributed by atoms with Crippen LogP contribution in [0.2, 0.25) is 0 Å². The Kier molecular flexibility index (Phi) is 20.6. The second-order valence-electron chi connectivity index (χ2n) is 21.1. The van der Waals surface area contributed by atoms with Gasteiger partial charge in [0.2, 0.25) is 11.8 Å². The number of rotatable bonds is 14. The Morgan fingerprint density at radius 2 is 1.40 bits per heavy atom. The lowest BCUT2D eigenvalue weighted by Gasteiger charge is -2.28. The van der Waals surface area contributed by atoms with E-state index in [1.807, 2.05) is 13.8 Å². The molecule has 1 aromatic carbocycles. The first kappa shape index (κ1) is 64.6. The number of thiazole rings is 6. The minimum absolute atomic E-state index is 0.0161. The summed E-state index contributed by atoms with van der Waals surface area (Å²) in [5.74, 6) is -5.83. The van der Waals surface area contributed by atoms with Gasteiger partial charge in [-0.25, -0.2) is 39.7 Å². The van der Waals surface area contributed by atoms with E-state index in [4.69, 9.17) is 34.4 Å². The number of nitrogens with zero attached hydrogens (tertiary/aromatic N) is 8. The fourth-order valence-corrected chi connectivity index (χ4v) is 15.4. The van der Waals surface area contributed by atoms with Gasteiger partial charge in [-0.05, 0) is 56.2 Å². The Labute approximate surface area is 537 Å². The molecule has 0 saturated heterocycles. The van der Waals surface area contributed by atoms with E-state index in [0.717, 1.165) is 61.6 Å². The number of carboxylic acids is 2. The van der Waals surface area contributed by atoms with Crippen LogP contribution in [0.15, 0.2) is 64.0 Å². The highest BCUT2D eigenvalue weighted by Gasteiger charge is 2.35. The minimum Gasteiger partial charge on any atom is -0.481 e. The Hall–Kier alpha value is -8.37. The summed E-state index contributed by atoms with van der Waals surface area (Å²) >= 11 is 6.90. The smallest absolute Gasteiger partial charge is 0.415 e. The first-order valence-electron chi connectivity index (χ1n) is 28.1. The monoisotopic (exact) mass is 1340 g/mol. The lowest BCUT2D eigenvalue weighted by molar-refractivity contribution is -0.143. The van der Waals surface area contributed by atoms with E-state index in [2.05, 4.69) is 36.6 Å². The summed E-state index contributed by atoms with van der Waals surface area (Å²) in [6.07, 6.45) is -2.14. The van der Waals surface area contributed by atoms with Crippen LogP contribution in [0.25, 0.3) is 43.4 Å². The second-order valence-corrected chi connectivity index (χ2v) is 27.0. The molecule has 1 fully saturated rings. The average molecular weight is 1340 g/mol. The highest BCUT2D eigenvalue weighted by molar-refractivity contribution is 7.15. The number of aliphatic hydroxyl groups excluding tert-OH is 1. The first-order chi connectivity index (χ1) is 43.2. The van der Waals surface area contributed by atoms with Crippen LogP contribution < -0.4 is 31.5 Å². The molecule has 1 saturated carbocycles. The quantitative estimate of drug-likeness (QED) is 0.0506. The Balaban J connectivity index is 1.04. The number of carboxylic acid groups (broad SMARTS) is 2. The number of fused-ring (bicyclic) bond motifs is 14. The van der Waals surface area contributed by atoms with Crippen molar-refractivity contribution in [1.29, 1.82) is 0 Å². The maximum Gasteiger partial charge on any atom is 0.415 e. The summed E-state index contributed by atoms with van der Waals surface area (Å²) in [6.45, 7) is 4.59. The molecule has 90 heavy (non-hydrogen) atoms. The summed E-state index contributed by atoms with van der Waals surface area (Å²) in [5.41, 5.74) is 2.21. The molecular weight excluding hydrogens is 1280 g/mol. The zero-order valence-corrected chi connectivity index (χ0v) is 53.6. The molecule has 10 bridgehead atoms. The molecule has 1 unspecified atom stereocenters. The van der Waals surface area contributed by atoms with Crippen molar-refractivity contribution in [2.24, 2.45) is 11.8 Å². The number of nitrogens with one attached hydrogen (secondary N) is 5. The van der Waals surface area contributed by atoms with Gasteiger partial charge < -0.3 is 51.4 Å². The normalized spacial score (nSPS) is 18.5. The first-order valence-corrected chi connectivity index (χ1v) is 33.3. The fraction of sp³-hybridized carbons (Fsp3) is 0.362. The van der Waals surface area contributed by atoms with Crippen molar-refractivity contribution in [2.75, 3.05) is 32.1 Å². The van der Waals surface area contributed by atoms with Gasteiger partial charge >= 0.3 is 18.0 Å². The van der Waals surface area contributed by atoms with Gasteiger partial charge in [0.15, 0.2) is 0 Å². The van der Waals surface area contributed by atoms with Crippen LogP contribution in [0.1, 0.15) is 138 Å². The van der Waals surface area contributed by atoms with Crippen molar-refractivity contribution in [3.63, 3.8) is 0 Å². The Morgan fingerprint density at radius 1 is 0.700 bits per heavy atom. The molecule has 32 heteroatoms. The third kappa shape index (κ3) is 14.9. The third-order valence-corrected chi connectivity index (χ3v) is 20.3. The summed E-state index contributed by atoms with van der Waals surface area (Å²) in [6, 6.07) is 9.17. The van der Waals surface area contributed by atoms with Gasteiger partial charge in [-0.3, -0.25) is 38.5 Å². The molecule has 1 aliphatic heterocycles. The summed E-state index contributed by atoms with van der Waals surface area (Å²) in [5, 5.41) is 53.7. The van der Waals surface area contributed by atoms with Crippen LogP contribution in [-0.2, 0) is 35.3 Å². The molecule has 6 amide bonds. The number of benzene rings is 1. The molecule has 10 rings (SSSR count). The third-order valence-electron chi connectivity index (χ3n) is 14.6. The largest absolute Gasteiger partial charge is 0.481 e. The zero-order valence-electron chi connectivity index (χ0n) is 48.7. The fourth-order valence-electron chi connectivity index (χ4n) is 9.84. The van der Waals surface area contributed by atoms with Crippen molar-refractivity contribution in [2.45, 2.75) is 96.2 Å². The predicted octanol–water partition coefficient (Wildman–Crippen LogP) is 8.37. The van der Waals surface area contributed by atoms with Gasteiger partial charge in [0.1, 0.15) is 88.3 Å². The van der Waals surface area contributed by atoms with Crippen molar-refractivity contribution >= 4 is 121 Å². The van der Waals surface area contributed by atoms with Gasteiger partial charge in [0.25, 0.3) is 17.7 Å². The lowest BCUT2D eigenvalue weighted by Crippen LogP contribution is -2.40. The number of aliphatic hydroxyl groups is 1. The lowest BCUT2D eigenvalue weighted by atomic mass is 9.87. The number of amides is 6. The summed E-state index contributed by atoms with van der Waals surface area (Å²) < 4.78 is 11.2. The topological polar surface area (TPSA) is 369 Å².